The van der Waals surface area contributed by atoms with Gasteiger partial charge in [0.05, 0.1) is 10.9 Å². The van der Waals surface area contributed by atoms with Gasteiger partial charge >= 0.3 is 0 Å². The molecular weight excluding hydrogens is 390 g/mol. The van der Waals surface area contributed by atoms with Gasteiger partial charge in [0.25, 0.3) is 0 Å². The number of para-hydroxylation sites is 1. The normalized spacial score (nSPS) is 13.8. The summed E-state index contributed by atoms with van der Waals surface area (Å²) in [6, 6.07) is 11.4. The van der Waals surface area contributed by atoms with Crippen LogP contribution in [0.1, 0.15) is 18.1 Å². The number of hydrogen-bond donors (Lipinski definition) is 1. The van der Waals surface area contributed by atoms with Crippen LogP contribution >= 0.6 is 11.8 Å². The van der Waals surface area contributed by atoms with E-state index in [1.807, 2.05) is 39.0 Å². The Balaban J connectivity index is 1.48. The predicted molar refractivity (Wildman–Crippen MR) is 110 cm³/mol. The molecule has 0 bridgehead atoms. The van der Waals surface area contributed by atoms with Gasteiger partial charge in [0.2, 0.25) is 11.1 Å². The lowest BCUT2D eigenvalue weighted by Gasteiger charge is -2.19. The molecule has 29 heavy (non-hydrogen) atoms. The van der Waals surface area contributed by atoms with Crippen LogP contribution in [-0.4, -0.2) is 44.6 Å². The number of tetrazole rings is 1. The smallest absolute Gasteiger partial charge is 0.237 e. The van der Waals surface area contributed by atoms with Crippen molar-refractivity contribution in [3.8, 4) is 17.2 Å². The summed E-state index contributed by atoms with van der Waals surface area (Å²) in [5, 5.41) is 15.1. The van der Waals surface area contributed by atoms with Crippen molar-refractivity contribution in [1.82, 2.24) is 20.2 Å². The minimum absolute atomic E-state index is 0.150. The van der Waals surface area contributed by atoms with Crippen molar-refractivity contribution in [2.45, 2.75) is 31.2 Å². The Hall–Kier alpha value is -3.07. The summed E-state index contributed by atoms with van der Waals surface area (Å²) < 4.78 is 12.8. The number of thioether (sulfide) groups is 1. The lowest BCUT2D eigenvalue weighted by molar-refractivity contribution is -0.115. The quantitative estimate of drug-likeness (QED) is 0.645. The third-order valence-corrected chi connectivity index (χ3v) is 5.59. The fourth-order valence-corrected chi connectivity index (χ4v) is 3.90. The molecule has 3 aromatic rings. The van der Waals surface area contributed by atoms with Crippen molar-refractivity contribution in [1.29, 1.82) is 0 Å². The summed E-state index contributed by atoms with van der Waals surface area (Å²) in [5.41, 5.74) is 3.71. The number of anilines is 1. The third kappa shape index (κ3) is 4.04. The molecule has 0 spiro atoms. The van der Waals surface area contributed by atoms with E-state index in [0.29, 0.717) is 35.6 Å². The first-order valence-corrected chi connectivity index (χ1v) is 10.1. The molecule has 2 heterocycles. The van der Waals surface area contributed by atoms with Gasteiger partial charge in [-0.1, -0.05) is 30.0 Å². The van der Waals surface area contributed by atoms with Crippen LogP contribution in [-0.2, 0) is 4.79 Å². The first kappa shape index (κ1) is 19.3. The van der Waals surface area contributed by atoms with Crippen molar-refractivity contribution in [3.63, 3.8) is 0 Å². The van der Waals surface area contributed by atoms with Gasteiger partial charge in [-0.05, 0) is 54.5 Å². The molecule has 0 aliphatic carbocycles. The van der Waals surface area contributed by atoms with Gasteiger partial charge in [0, 0.05) is 11.8 Å². The summed E-state index contributed by atoms with van der Waals surface area (Å²) in [4.78, 5) is 12.7. The topological polar surface area (TPSA) is 91.2 Å². The number of carbonyl (C=O) groups is 1. The van der Waals surface area contributed by atoms with Gasteiger partial charge in [-0.25, -0.2) is 0 Å². The number of ether oxygens (including phenoxy) is 2. The Bertz CT molecular complexity index is 1030. The summed E-state index contributed by atoms with van der Waals surface area (Å²) in [6.45, 7) is 6.87. The number of nitrogens with one attached hydrogen (secondary N) is 1. The molecule has 9 heteroatoms. The van der Waals surface area contributed by atoms with Crippen LogP contribution < -0.4 is 14.8 Å². The average molecular weight is 411 g/mol. The van der Waals surface area contributed by atoms with Crippen molar-refractivity contribution in [2.24, 2.45) is 0 Å². The lowest BCUT2D eigenvalue weighted by Crippen LogP contribution is -2.23. The molecule has 1 aromatic heterocycles. The average Bonchev–Trinajstić information content (AvgIpc) is 3.15. The molecule has 2 aromatic carbocycles. The summed E-state index contributed by atoms with van der Waals surface area (Å²) in [6.07, 6.45) is 0. The SMILES string of the molecule is Cc1cccc(C)c1-n1nnnc1S[C@@H](C)C(=O)Nc1ccc2c(c1)OCCO2. The van der Waals surface area contributed by atoms with Crippen LogP contribution in [0.4, 0.5) is 5.69 Å². The summed E-state index contributed by atoms with van der Waals surface area (Å²) in [7, 11) is 0. The first-order chi connectivity index (χ1) is 14.0. The minimum atomic E-state index is -0.405. The molecule has 8 nitrogen and oxygen atoms in total. The number of hydrogen-bond acceptors (Lipinski definition) is 7. The zero-order chi connectivity index (χ0) is 20.4. The lowest BCUT2D eigenvalue weighted by atomic mass is 10.1. The van der Waals surface area contributed by atoms with Crippen molar-refractivity contribution < 1.29 is 14.3 Å². The first-order valence-electron chi connectivity index (χ1n) is 9.25. The van der Waals surface area contributed by atoms with Crippen LogP contribution in [0.2, 0.25) is 0 Å². The molecule has 1 aliphatic heterocycles. The van der Waals surface area contributed by atoms with Gasteiger partial charge in [0.1, 0.15) is 13.2 Å². The van der Waals surface area contributed by atoms with Crippen molar-refractivity contribution in [3.05, 3.63) is 47.5 Å². The van der Waals surface area contributed by atoms with Crippen LogP contribution in [0.15, 0.2) is 41.6 Å². The van der Waals surface area contributed by atoms with Gasteiger partial charge in [-0.15, -0.1) is 5.10 Å². The largest absolute Gasteiger partial charge is 0.486 e. The second kappa shape index (κ2) is 8.12. The molecule has 0 fully saturated rings. The molecule has 1 N–H and O–H groups in total. The number of carbonyl (C=O) groups excluding carboxylic acids is 1. The molecule has 0 unspecified atom stereocenters. The van der Waals surface area contributed by atoms with E-state index < -0.39 is 5.25 Å². The Labute approximate surface area is 172 Å². The van der Waals surface area contributed by atoms with E-state index in [1.165, 1.54) is 11.8 Å². The van der Waals surface area contributed by atoms with Gasteiger partial charge in [-0.2, -0.15) is 4.68 Å². The van der Waals surface area contributed by atoms with Crippen LogP contribution in [0, 0.1) is 13.8 Å². The standard InChI is InChI=1S/C20H21N5O3S/c1-12-5-4-6-13(2)18(12)25-20(22-23-24-25)29-14(3)19(26)21-15-7-8-16-17(11-15)28-10-9-27-16/h4-8,11,14H,9-10H2,1-3H3,(H,21,26)/t14-/m0/s1. The summed E-state index contributed by atoms with van der Waals surface area (Å²) in [5.74, 6) is 1.17. The van der Waals surface area contributed by atoms with Crippen molar-refractivity contribution >= 4 is 23.4 Å². The number of aromatic nitrogens is 4. The van der Waals surface area contributed by atoms with E-state index in [0.717, 1.165) is 16.8 Å². The van der Waals surface area contributed by atoms with Crippen LogP contribution in [0.5, 0.6) is 11.5 Å². The number of amides is 1. The molecular formula is C20H21N5O3S. The zero-order valence-electron chi connectivity index (χ0n) is 16.4. The molecule has 0 saturated heterocycles. The van der Waals surface area contributed by atoms with E-state index in [4.69, 9.17) is 9.47 Å². The van der Waals surface area contributed by atoms with Crippen LogP contribution in [0.25, 0.3) is 5.69 Å². The molecule has 1 aliphatic rings. The highest BCUT2D eigenvalue weighted by molar-refractivity contribution is 8.00. The van der Waals surface area contributed by atoms with Crippen LogP contribution in [0.3, 0.4) is 0 Å². The predicted octanol–water partition coefficient (Wildman–Crippen LogP) is 3.17. The van der Waals surface area contributed by atoms with E-state index >= 15 is 0 Å². The maximum atomic E-state index is 12.7. The maximum Gasteiger partial charge on any atom is 0.237 e. The van der Waals surface area contributed by atoms with Gasteiger partial charge in [-0.3, -0.25) is 4.79 Å². The Morgan fingerprint density at radius 2 is 1.86 bits per heavy atom. The van der Waals surface area contributed by atoms with E-state index in [1.54, 1.807) is 22.9 Å². The van der Waals surface area contributed by atoms with Gasteiger partial charge < -0.3 is 14.8 Å². The van der Waals surface area contributed by atoms with E-state index in [-0.39, 0.29) is 5.91 Å². The maximum absolute atomic E-state index is 12.7. The fourth-order valence-electron chi connectivity index (χ4n) is 3.11. The second-order valence-corrected chi connectivity index (χ2v) is 8.03. The molecule has 0 radical (unpaired) electrons. The molecule has 1 atom stereocenters. The number of nitrogens with zero attached hydrogens (tertiary/aromatic N) is 4. The Kier molecular flexibility index (Phi) is 5.39. The zero-order valence-corrected chi connectivity index (χ0v) is 17.2. The second-order valence-electron chi connectivity index (χ2n) is 6.72. The van der Waals surface area contributed by atoms with E-state index in [2.05, 4.69) is 20.8 Å². The molecule has 0 saturated carbocycles. The number of fused-ring (bicyclic) bond motifs is 1. The third-order valence-electron chi connectivity index (χ3n) is 4.55. The Morgan fingerprint density at radius 3 is 2.62 bits per heavy atom. The monoisotopic (exact) mass is 411 g/mol. The van der Waals surface area contributed by atoms with E-state index in [9.17, 15) is 4.79 Å². The fraction of sp³-hybridized carbons (Fsp3) is 0.300. The van der Waals surface area contributed by atoms with Crippen molar-refractivity contribution in [2.75, 3.05) is 18.5 Å². The number of benzene rings is 2. The highest BCUT2D eigenvalue weighted by Crippen LogP contribution is 2.33. The Morgan fingerprint density at radius 1 is 1.14 bits per heavy atom. The number of rotatable bonds is 5. The highest BCUT2D eigenvalue weighted by Gasteiger charge is 2.21. The number of aryl methyl sites for hydroxylation is 2. The highest BCUT2D eigenvalue weighted by atomic mass is 32.2. The van der Waals surface area contributed by atoms with Gasteiger partial charge in [0.15, 0.2) is 11.5 Å². The molecule has 150 valence electrons. The molecule has 4 rings (SSSR count). The minimum Gasteiger partial charge on any atom is -0.486 e. The summed E-state index contributed by atoms with van der Waals surface area (Å²) >= 11 is 1.30. The molecule has 1 amide bonds.